The van der Waals surface area contributed by atoms with Crippen molar-refractivity contribution in [2.24, 2.45) is 5.92 Å². The third kappa shape index (κ3) is 6.82. The molecule has 0 saturated heterocycles. The maximum absolute atomic E-state index is 11.8. The molecule has 1 N–H and O–H groups in total. The van der Waals surface area contributed by atoms with Crippen LogP contribution in [0, 0.1) is 5.92 Å². The van der Waals surface area contributed by atoms with E-state index >= 15 is 0 Å². The molecular formula is C30H40O2. The van der Waals surface area contributed by atoms with Crippen molar-refractivity contribution in [3.63, 3.8) is 0 Å². The number of unbranched alkanes of at least 4 members (excludes halogenated alkanes) is 4. The molecule has 1 aliphatic rings. The summed E-state index contributed by atoms with van der Waals surface area (Å²) in [5.74, 6) is 0.697. The van der Waals surface area contributed by atoms with Crippen LogP contribution in [0.5, 0.6) is 0 Å². The van der Waals surface area contributed by atoms with Gasteiger partial charge < -0.3 is 5.11 Å². The zero-order valence-electron chi connectivity index (χ0n) is 20.0. The van der Waals surface area contributed by atoms with E-state index in [0.29, 0.717) is 11.5 Å². The molecule has 2 aromatic carbocycles. The Morgan fingerprint density at radius 2 is 1.69 bits per heavy atom. The molecule has 0 radical (unpaired) electrons. The average Bonchev–Trinajstić information content (AvgIpc) is 2.82. The lowest BCUT2D eigenvalue weighted by Crippen LogP contribution is -2.13. The molecule has 2 nitrogen and oxygen atoms in total. The molecule has 0 unspecified atom stereocenters. The molecule has 0 aromatic heterocycles. The van der Waals surface area contributed by atoms with Crippen molar-refractivity contribution in [2.75, 3.05) is 0 Å². The molecule has 32 heavy (non-hydrogen) atoms. The molecule has 1 saturated carbocycles. The largest absolute Gasteiger partial charge is 0.478 e. The summed E-state index contributed by atoms with van der Waals surface area (Å²) in [6.07, 6.45) is 18.4. The molecular weight excluding hydrogens is 392 g/mol. The topological polar surface area (TPSA) is 37.3 Å². The quantitative estimate of drug-likeness (QED) is 0.359. The molecule has 0 amide bonds. The van der Waals surface area contributed by atoms with Gasteiger partial charge >= 0.3 is 5.97 Å². The third-order valence-electron chi connectivity index (χ3n) is 7.05. The Kier molecular flexibility index (Phi) is 9.59. The van der Waals surface area contributed by atoms with Gasteiger partial charge in [0.1, 0.15) is 0 Å². The van der Waals surface area contributed by atoms with Gasteiger partial charge in [-0.25, -0.2) is 4.79 Å². The minimum atomic E-state index is -0.867. The van der Waals surface area contributed by atoms with Crippen LogP contribution in [0.15, 0.2) is 48.5 Å². The molecule has 0 atom stereocenters. The fourth-order valence-corrected chi connectivity index (χ4v) is 5.13. The van der Waals surface area contributed by atoms with Crippen molar-refractivity contribution in [1.29, 1.82) is 0 Å². The molecule has 0 aliphatic heterocycles. The predicted molar refractivity (Wildman–Crippen MR) is 136 cm³/mol. The minimum Gasteiger partial charge on any atom is -0.478 e. The highest BCUT2D eigenvalue weighted by Gasteiger charge is 2.22. The van der Waals surface area contributed by atoms with Crippen molar-refractivity contribution in [1.82, 2.24) is 0 Å². The molecule has 172 valence electrons. The number of carboxylic acid groups (broad SMARTS) is 1. The molecule has 0 bridgehead atoms. The first kappa shape index (κ1) is 24.3. The average molecular weight is 433 g/mol. The molecule has 2 aromatic rings. The first-order valence-electron chi connectivity index (χ1n) is 12.8. The van der Waals surface area contributed by atoms with Crippen LogP contribution < -0.4 is 0 Å². The summed E-state index contributed by atoms with van der Waals surface area (Å²) in [7, 11) is 0. The van der Waals surface area contributed by atoms with Gasteiger partial charge in [-0.05, 0) is 84.7 Å². The van der Waals surface area contributed by atoms with Crippen molar-refractivity contribution in [3.8, 4) is 11.1 Å². The minimum absolute atomic E-state index is 0.373. The Bertz CT molecular complexity index is 870. The van der Waals surface area contributed by atoms with E-state index in [9.17, 15) is 9.90 Å². The maximum atomic E-state index is 11.8. The van der Waals surface area contributed by atoms with Crippen LogP contribution in [0.25, 0.3) is 17.2 Å². The smallest absolute Gasteiger partial charge is 0.336 e. The van der Waals surface area contributed by atoms with Crippen molar-refractivity contribution in [2.45, 2.75) is 90.4 Å². The van der Waals surface area contributed by atoms with E-state index in [0.717, 1.165) is 29.0 Å². The second-order valence-corrected chi connectivity index (χ2v) is 9.49. The molecule has 1 aliphatic carbocycles. The normalized spacial score (nSPS) is 18.8. The summed E-state index contributed by atoms with van der Waals surface area (Å²) in [5.41, 5.74) is 4.65. The fourth-order valence-electron chi connectivity index (χ4n) is 5.13. The van der Waals surface area contributed by atoms with Gasteiger partial charge in [0.15, 0.2) is 0 Å². The lowest BCUT2D eigenvalue weighted by Gasteiger charge is -2.28. The van der Waals surface area contributed by atoms with Crippen LogP contribution in [0.1, 0.15) is 112 Å². The van der Waals surface area contributed by atoms with Gasteiger partial charge in [-0.2, -0.15) is 0 Å². The van der Waals surface area contributed by atoms with Crippen molar-refractivity contribution in [3.05, 3.63) is 65.2 Å². The van der Waals surface area contributed by atoms with E-state index < -0.39 is 5.97 Å². The Balaban J connectivity index is 1.71. The Hall–Kier alpha value is -2.35. The first-order chi connectivity index (χ1) is 15.6. The lowest BCUT2D eigenvalue weighted by atomic mass is 9.77. The van der Waals surface area contributed by atoms with Gasteiger partial charge in [0.25, 0.3) is 0 Å². The second kappa shape index (κ2) is 12.6. The number of carboxylic acids is 1. The van der Waals surface area contributed by atoms with Crippen LogP contribution in [0.3, 0.4) is 0 Å². The van der Waals surface area contributed by atoms with E-state index in [1.807, 2.05) is 12.1 Å². The van der Waals surface area contributed by atoms with E-state index in [1.165, 1.54) is 69.8 Å². The van der Waals surface area contributed by atoms with E-state index in [-0.39, 0.29) is 0 Å². The summed E-state index contributed by atoms with van der Waals surface area (Å²) in [5, 5.41) is 9.72. The van der Waals surface area contributed by atoms with E-state index in [4.69, 9.17) is 0 Å². The summed E-state index contributed by atoms with van der Waals surface area (Å²) >= 11 is 0. The molecule has 2 heteroatoms. The molecule has 3 rings (SSSR count). The highest BCUT2D eigenvalue weighted by molar-refractivity contribution is 5.96. The Morgan fingerprint density at radius 1 is 0.938 bits per heavy atom. The summed E-state index contributed by atoms with van der Waals surface area (Å²) in [4.78, 5) is 11.8. The number of carbonyl (C=O) groups is 1. The number of aromatic carboxylic acids is 1. The summed E-state index contributed by atoms with van der Waals surface area (Å²) in [6.45, 7) is 4.51. The number of benzene rings is 2. The monoisotopic (exact) mass is 432 g/mol. The van der Waals surface area contributed by atoms with Crippen LogP contribution >= 0.6 is 0 Å². The zero-order chi connectivity index (χ0) is 22.8. The van der Waals surface area contributed by atoms with Gasteiger partial charge in [-0.15, -0.1) is 0 Å². The van der Waals surface area contributed by atoms with Crippen LogP contribution in [-0.2, 0) is 0 Å². The predicted octanol–water partition coefficient (Wildman–Crippen LogP) is 9.11. The van der Waals surface area contributed by atoms with Gasteiger partial charge in [0.2, 0.25) is 0 Å². The highest BCUT2D eigenvalue weighted by Crippen LogP contribution is 2.38. The Labute approximate surface area is 194 Å². The van der Waals surface area contributed by atoms with Crippen LogP contribution in [-0.4, -0.2) is 11.1 Å². The number of hydrogen-bond acceptors (Lipinski definition) is 1. The van der Waals surface area contributed by atoms with E-state index in [2.05, 4.69) is 50.3 Å². The van der Waals surface area contributed by atoms with Crippen LogP contribution in [0.2, 0.25) is 0 Å². The standard InChI is InChI=1S/C30H40O2/c1-3-5-6-7-8-9-11-24-14-21-28(30(31)32)29(22-24)27-19-17-26(18-20-27)25-15-12-23(10-4-2)13-16-25/h9,11,14,17-23,25H,3-8,10,12-13,15-16H2,1-2H3,(H,31,32). The third-order valence-corrected chi connectivity index (χ3v) is 7.05. The summed E-state index contributed by atoms with van der Waals surface area (Å²) in [6, 6.07) is 14.4. The number of rotatable bonds is 11. The van der Waals surface area contributed by atoms with Gasteiger partial charge in [-0.1, -0.05) is 88.4 Å². The molecule has 0 heterocycles. The highest BCUT2D eigenvalue weighted by atomic mass is 16.4. The van der Waals surface area contributed by atoms with Crippen molar-refractivity contribution >= 4 is 12.0 Å². The number of allylic oxidation sites excluding steroid dienone is 1. The SMILES string of the molecule is CCCCCCC=Cc1ccc(C(=O)O)c(-c2ccc(C3CCC(CCC)CC3)cc2)c1. The fraction of sp³-hybridized carbons (Fsp3) is 0.500. The second-order valence-electron chi connectivity index (χ2n) is 9.49. The summed E-state index contributed by atoms with van der Waals surface area (Å²) < 4.78 is 0. The Morgan fingerprint density at radius 3 is 2.34 bits per heavy atom. The number of hydrogen-bond donors (Lipinski definition) is 1. The first-order valence-corrected chi connectivity index (χ1v) is 12.8. The van der Waals surface area contributed by atoms with E-state index in [1.54, 1.807) is 6.07 Å². The molecule has 1 fully saturated rings. The van der Waals surface area contributed by atoms with Gasteiger partial charge in [0, 0.05) is 0 Å². The van der Waals surface area contributed by atoms with Crippen LogP contribution in [0.4, 0.5) is 0 Å². The molecule has 0 spiro atoms. The lowest BCUT2D eigenvalue weighted by molar-refractivity contribution is 0.0697. The zero-order valence-corrected chi connectivity index (χ0v) is 20.0. The maximum Gasteiger partial charge on any atom is 0.336 e. The van der Waals surface area contributed by atoms with Gasteiger partial charge in [0.05, 0.1) is 5.56 Å². The van der Waals surface area contributed by atoms with Crippen molar-refractivity contribution < 1.29 is 9.90 Å². The van der Waals surface area contributed by atoms with Gasteiger partial charge in [-0.3, -0.25) is 0 Å².